The predicted molar refractivity (Wildman–Crippen MR) is 425 cm³/mol. The van der Waals surface area contributed by atoms with Gasteiger partial charge in [-0.3, -0.25) is 62.3 Å². The summed E-state index contributed by atoms with van der Waals surface area (Å²) in [5, 5.41) is 45.5. The van der Waals surface area contributed by atoms with Crippen LogP contribution in [0.3, 0.4) is 0 Å². The van der Waals surface area contributed by atoms with Crippen LogP contribution in [0.15, 0.2) is 60.7 Å². The molecule has 33 nitrogen and oxygen atoms in total. The van der Waals surface area contributed by atoms with Crippen molar-refractivity contribution in [3.63, 3.8) is 0 Å². The van der Waals surface area contributed by atoms with Gasteiger partial charge in [-0.15, -0.1) is 0 Å². The molecule has 33 heteroatoms. The Morgan fingerprint density at radius 1 is 0.416 bits per heavy atom. The monoisotopic (exact) mass is 1590 g/mol. The Morgan fingerprint density at radius 2 is 0.752 bits per heavy atom. The number of nitrogens with two attached hydrogens (primary N) is 4. The molecule has 16 atom stereocenters. The Morgan fingerprint density at radius 3 is 1.14 bits per heavy atom. The Labute approximate surface area is 665 Å². The lowest BCUT2D eigenvalue weighted by Crippen LogP contribution is -2.62. The average molecular weight is 1590 g/mol. The van der Waals surface area contributed by atoms with Crippen molar-refractivity contribution >= 4 is 76.8 Å². The molecule has 3 aliphatic heterocycles. The highest BCUT2D eigenvalue weighted by Gasteiger charge is 2.50. The van der Waals surface area contributed by atoms with E-state index in [0.29, 0.717) is 17.5 Å². The summed E-state index contributed by atoms with van der Waals surface area (Å²) >= 11 is 0. The Kier molecular flexibility index (Phi) is 40.2. The first-order valence-corrected chi connectivity index (χ1v) is 40.4. The number of fused-ring (bicyclic) bond motifs is 3. The lowest BCUT2D eigenvalue weighted by molar-refractivity contribution is -0.143. The van der Waals surface area contributed by atoms with Gasteiger partial charge in [0.2, 0.25) is 70.9 Å². The van der Waals surface area contributed by atoms with E-state index in [1.165, 1.54) is 4.90 Å². The van der Waals surface area contributed by atoms with Crippen molar-refractivity contribution in [1.29, 1.82) is 0 Å². The molecule has 13 amide bonds. The van der Waals surface area contributed by atoms with Gasteiger partial charge in [-0.25, -0.2) is 0 Å². The van der Waals surface area contributed by atoms with Gasteiger partial charge in [-0.2, -0.15) is 0 Å². The summed E-state index contributed by atoms with van der Waals surface area (Å²) in [5.41, 5.74) is 25.2. The number of amides is 13. The summed E-state index contributed by atoms with van der Waals surface area (Å²) in [6, 6.07) is 2.13. The van der Waals surface area contributed by atoms with Gasteiger partial charge in [0, 0.05) is 19.5 Å². The van der Waals surface area contributed by atoms with Crippen LogP contribution in [0, 0.1) is 35.5 Å². The van der Waals surface area contributed by atoms with Crippen LogP contribution in [0.25, 0.3) is 0 Å². The number of aliphatic hydroxyl groups excluding tert-OH is 1. The van der Waals surface area contributed by atoms with Gasteiger partial charge in [0.1, 0.15) is 90.8 Å². The second-order valence-electron chi connectivity index (χ2n) is 32.3. The number of rotatable bonds is 26. The van der Waals surface area contributed by atoms with E-state index >= 15 is 4.79 Å². The lowest BCUT2D eigenvalue weighted by Gasteiger charge is -2.32. The van der Waals surface area contributed by atoms with E-state index in [4.69, 9.17) is 32.4 Å². The highest BCUT2D eigenvalue weighted by molar-refractivity contribution is 6.00. The van der Waals surface area contributed by atoms with E-state index in [2.05, 4.69) is 63.8 Å². The molecule has 0 spiro atoms. The van der Waals surface area contributed by atoms with Gasteiger partial charge >= 0.3 is 0 Å². The number of aliphatic hydroxyl groups is 1. The van der Waals surface area contributed by atoms with Crippen LogP contribution in [0.1, 0.15) is 178 Å². The van der Waals surface area contributed by atoms with Crippen molar-refractivity contribution in [2.45, 2.75) is 277 Å². The number of carbonyl (C=O) groups excluding carboxylic acids is 13. The van der Waals surface area contributed by atoms with Gasteiger partial charge in [0.25, 0.3) is 5.91 Å². The average Bonchev–Trinajstić information content (AvgIpc) is 1.68. The van der Waals surface area contributed by atoms with E-state index < -0.39 is 191 Å². The first kappa shape index (κ1) is 94.9. The molecule has 3 aliphatic rings. The molecule has 2 aromatic rings. The molecule has 0 radical (unpaired) electrons. The van der Waals surface area contributed by atoms with Crippen molar-refractivity contribution in [2.24, 2.45) is 58.4 Å². The first-order valence-electron chi connectivity index (χ1n) is 40.4. The molecule has 3 heterocycles. The van der Waals surface area contributed by atoms with E-state index in [0.717, 1.165) is 0 Å². The molecule has 0 saturated carbocycles. The molecule has 2 aromatic carbocycles. The molecular formula is C80H131N17O16. The minimum absolute atomic E-state index is 0.00422. The molecule has 5 rings (SSSR count). The van der Waals surface area contributed by atoms with Crippen molar-refractivity contribution in [3.05, 3.63) is 71.8 Å². The lowest BCUT2D eigenvalue weighted by atomic mass is 9.99. The van der Waals surface area contributed by atoms with Gasteiger partial charge in [-0.1, -0.05) is 144 Å². The normalized spacial score (nSPS) is 27.6. The third kappa shape index (κ3) is 30.2. The maximum Gasteiger partial charge on any atom is 0.252 e. The second-order valence-corrected chi connectivity index (χ2v) is 32.3. The number of benzene rings is 2. The zero-order chi connectivity index (χ0) is 83.8. The quantitative estimate of drug-likeness (QED) is 0.0562. The number of nitrogens with zero attached hydrogens (tertiary/aromatic N) is 1. The number of hydrogen-bond acceptors (Lipinski definition) is 20. The van der Waals surface area contributed by atoms with Crippen LogP contribution in [-0.2, 0) is 84.8 Å². The predicted octanol–water partition coefficient (Wildman–Crippen LogP) is -0.542. The van der Waals surface area contributed by atoms with Gasteiger partial charge in [0.15, 0.2) is 6.10 Å². The molecule has 632 valence electrons. The van der Waals surface area contributed by atoms with Crippen LogP contribution in [0.2, 0.25) is 0 Å². The third-order valence-corrected chi connectivity index (χ3v) is 20.2. The van der Waals surface area contributed by atoms with Gasteiger partial charge in [-0.05, 0) is 156 Å². The fourth-order valence-corrected chi connectivity index (χ4v) is 13.9. The van der Waals surface area contributed by atoms with Crippen LogP contribution in [0.5, 0.6) is 0 Å². The highest BCUT2D eigenvalue weighted by atomic mass is 16.6. The van der Waals surface area contributed by atoms with Crippen molar-refractivity contribution < 1.29 is 76.9 Å². The van der Waals surface area contributed by atoms with E-state index in [1.807, 2.05) is 27.7 Å². The fraction of sp³-hybridized carbons (Fsp3) is 0.688. The first-order chi connectivity index (χ1) is 53.6. The molecule has 0 unspecified atom stereocenters. The SMILES string of the molecule is CC(C)C[C@@H]1NC(=O)[C@H](CCCN)NC(=O)[C@H](C(C)C)NC(=O)[C@@H]2CCCN2C(=O)[C@@H](Cc2ccccc2)NC(=O)[C@H](CC(C)C)NC(=O)[C@H](CCCN)NC(=O)[C@H](C(C)C)NC(=O)[C@H](CCCN)NC(=O)[C@H](CC(C)C)NC(=O)[C@@H]2O[C@H](CNC(=O)[C@H](C(C)C)NC(=O)[C@@H](CCCN)NC1=O)[C@@H](OCc1ccccc1)[C@@H]2O. The number of nitrogens with one attached hydrogen (secondary N) is 12. The Balaban J connectivity index is 1.60. The molecular weight excluding hydrogens is 1450 g/mol. The standard InChI is InChI=1S/C80H131N17O16/c1-44(2)38-56-72(103)86-54(30-21-35-83)70(101)94-62(47(7)8)76(107)85-42-61-66(112-43-51-26-17-14-18-27-51)65(98)67(113-61)79(110)92-58(40-46(5)6)73(104)87-55(31-22-36-84)71(102)95-63(48(9)10)77(108)88-52(28-19-33-81)69(100)91-57(39-45(3)4)74(105)93-59(41-50-24-15-13-16-25-50)80(111)97-37-23-32-60(97)75(106)96-64(49(11)12)78(109)89-53(29-20-34-82)68(99)90-56/h13-18,24-27,44-49,52-67,98H,19-23,28-43,81-84H2,1-12H3,(H,85,107)(H,86,103)(H,87,104)(H,88,108)(H,89,109)(H,90,99)(H,91,100)(H,92,110)(H,93,105)(H,94,101)(H,95,102)(H,96,106)/t52-,53-,54+,55-,56-,57-,58-,59+,60-,61+,62-,63-,64-,65-,66+,67+/m0/s1. The minimum Gasteiger partial charge on any atom is -0.387 e. The number of hydrogen-bond donors (Lipinski definition) is 17. The van der Waals surface area contributed by atoms with Crippen molar-refractivity contribution in [3.8, 4) is 0 Å². The van der Waals surface area contributed by atoms with Crippen molar-refractivity contribution in [1.82, 2.24) is 68.7 Å². The Bertz CT molecular complexity index is 3420. The fourth-order valence-electron chi connectivity index (χ4n) is 13.9. The summed E-state index contributed by atoms with van der Waals surface area (Å²) in [4.78, 5) is 192. The second kappa shape index (κ2) is 47.8. The summed E-state index contributed by atoms with van der Waals surface area (Å²) in [6.07, 6.45) is -4.50. The smallest absolute Gasteiger partial charge is 0.252 e. The zero-order valence-electron chi connectivity index (χ0n) is 68.2. The minimum atomic E-state index is -1.71. The van der Waals surface area contributed by atoms with Crippen molar-refractivity contribution in [2.75, 3.05) is 39.3 Å². The molecule has 113 heavy (non-hydrogen) atoms. The zero-order valence-corrected chi connectivity index (χ0v) is 68.2. The largest absolute Gasteiger partial charge is 0.387 e. The summed E-state index contributed by atoms with van der Waals surface area (Å²) in [5.74, 6) is -12.6. The highest BCUT2D eigenvalue weighted by Crippen LogP contribution is 2.27. The van der Waals surface area contributed by atoms with Gasteiger partial charge < -0.3 is 106 Å². The maximum absolute atomic E-state index is 15.2. The molecule has 21 N–H and O–H groups in total. The van der Waals surface area contributed by atoms with Crippen LogP contribution < -0.4 is 86.7 Å². The van der Waals surface area contributed by atoms with E-state index in [9.17, 15) is 62.6 Å². The third-order valence-electron chi connectivity index (χ3n) is 20.2. The summed E-state index contributed by atoms with van der Waals surface area (Å²) in [7, 11) is 0. The van der Waals surface area contributed by atoms with Crippen LogP contribution in [-0.4, -0.2) is 223 Å². The van der Waals surface area contributed by atoms with Crippen LogP contribution in [0.4, 0.5) is 0 Å². The molecule has 0 aliphatic carbocycles. The van der Waals surface area contributed by atoms with E-state index in [1.54, 1.807) is 116 Å². The van der Waals surface area contributed by atoms with Gasteiger partial charge in [0.05, 0.1) is 6.61 Å². The maximum atomic E-state index is 15.2. The Hall–Kier alpha value is -8.73. The topological polar surface area (TPSA) is 512 Å². The summed E-state index contributed by atoms with van der Waals surface area (Å²) < 4.78 is 12.6. The molecule has 3 fully saturated rings. The molecule has 0 aromatic heterocycles. The number of carbonyl (C=O) groups is 13. The van der Waals surface area contributed by atoms with E-state index in [-0.39, 0.29) is 147 Å². The number of ether oxygens (including phenoxy) is 2. The molecule has 2 bridgehead atoms. The van der Waals surface area contributed by atoms with Crippen LogP contribution >= 0.6 is 0 Å². The summed E-state index contributed by atoms with van der Waals surface area (Å²) in [6.45, 7) is 20.9. The molecule has 3 saturated heterocycles.